The van der Waals surface area contributed by atoms with E-state index < -0.39 is 11.7 Å². The summed E-state index contributed by atoms with van der Waals surface area (Å²) < 4.78 is 38.6. The van der Waals surface area contributed by atoms with Gasteiger partial charge in [0.25, 0.3) is 0 Å². The summed E-state index contributed by atoms with van der Waals surface area (Å²) in [5, 5.41) is 0.477. The molecule has 0 nitrogen and oxygen atoms in total. The zero-order valence-electron chi connectivity index (χ0n) is 8.93. The number of alkyl halides is 3. The lowest BCUT2D eigenvalue weighted by Crippen LogP contribution is -2.04. The van der Waals surface area contributed by atoms with Crippen LogP contribution in [-0.4, -0.2) is 0 Å². The fraction of sp³-hybridized carbons (Fsp3) is 0.0769. The largest absolute Gasteiger partial charge is 0.416 e. The highest BCUT2D eigenvalue weighted by Crippen LogP contribution is 2.35. The van der Waals surface area contributed by atoms with Gasteiger partial charge in [-0.1, -0.05) is 39.7 Å². The van der Waals surface area contributed by atoms with E-state index in [2.05, 4.69) is 15.9 Å². The van der Waals surface area contributed by atoms with Gasteiger partial charge in [-0.15, -0.1) is 0 Å². The Kier molecular flexibility index (Phi) is 3.69. The van der Waals surface area contributed by atoms with E-state index in [-0.39, 0.29) is 0 Å². The van der Waals surface area contributed by atoms with Crippen molar-refractivity contribution in [1.82, 2.24) is 0 Å². The van der Waals surface area contributed by atoms with E-state index in [4.69, 9.17) is 11.6 Å². The monoisotopic (exact) mass is 334 g/mol. The van der Waals surface area contributed by atoms with Crippen LogP contribution in [-0.2, 0) is 6.18 Å². The molecule has 5 heteroatoms. The van der Waals surface area contributed by atoms with Crippen LogP contribution in [0.4, 0.5) is 13.2 Å². The summed E-state index contributed by atoms with van der Waals surface area (Å²) in [5.74, 6) is 0. The van der Waals surface area contributed by atoms with Crippen LogP contribution in [0.3, 0.4) is 0 Å². The molecule has 0 amide bonds. The molecule has 0 bridgehead atoms. The summed E-state index contributed by atoms with van der Waals surface area (Å²) >= 11 is 9.16. The topological polar surface area (TPSA) is 0 Å². The first-order chi connectivity index (χ1) is 8.38. The summed E-state index contributed by atoms with van der Waals surface area (Å²) in [7, 11) is 0. The van der Waals surface area contributed by atoms with Gasteiger partial charge in [0.1, 0.15) is 0 Å². The molecule has 0 radical (unpaired) electrons. The molecule has 0 aliphatic rings. The molecule has 94 valence electrons. The van der Waals surface area contributed by atoms with E-state index in [1.54, 1.807) is 24.3 Å². The Morgan fingerprint density at radius 3 is 2.39 bits per heavy atom. The molecule has 0 spiro atoms. The summed E-state index contributed by atoms with van der Waals surface area (Å²) in [6, 6.07) is 10.2. The van der Waals surface area contributed by atoms with Crippen LogP contribution in [0.25, 0.3) is 11.1 Å². The standard InChI is InChI=1S/C13H7BrClF3/c14-12-5-4-10(15)7-11(12)8-2-1-3-9(6-8)13(16,17)18/h1-7H. The van der Waals surface area contributed by atoms with E-state index in [0.29, 0.717) is 20.6 Å². The van der Waals surface area contributed by atoms with Crippen LogP contribution in [0, 0.1) is 0 Å². The molecule has 0 saturated carbocycles. The van der Waals surface area contributed by atoms with Crippen molar-refractivity contribution in [3.63, 3.8) is 0 Å². The van der Waals surface area contributed by atoms with Gasteiger partial charge >= 0.3 is 6.18 Å². The summed E-state index contributed by atoms with van der Waals surface area (Å²) in [6.45, 7) is 0. The van der Waals surface area contributed by atoms with E-state index >= 15 is 0 Å². The van der Waals surface area contributed by atoms with Crippen LogP contribution in [0.15, 0.2) is 46.9 Å². The van der Waals surface area contributed by atoms with Gasteiger partial charge in [-0.2, -0.15) is 13.2 Å². The van der Waals surface area contributed by atoms with Crippen molar-refractivity contribution in [2.75, 3.05) is 0 Å². The van der Waals surface area contributed by atoms with E-state index in [0.717, 1.165) is 12.1 Å². The first kappa shape index (κ1) is 13.4. The normalized spacial score (nSPS) is 11.6. The van der Waals surface area contributed by atoms with Crippen molar-refractivity contribution < 1.29 is 13.2 Å². The maximum atomic E-state index is 12.6. The Morgan fingerprint density at radius 2 is 1.72 bits per heavy atom. The van der Waals surface area contributed by atoms with Crippen molar-refractivity contribution in [2.45, 2.75) is 6.18 Å². The van der Waals surface area contributed by atoms with E-state index in [1.165, 1.54) is 6.07 Å². The minimum atomic E-state index is -4.35. The van der Waals surface area contributed by atoms with E-state index in [1.807, 2.05) is 0 Å². The summed E-state index contributed by atoms with van der Waals surface area (Å²) in [5.41, 5.74) is 0.430. The lowest BCUT2D eigenvalue weighted by molar-refractivity contribution is -0.137. The third-order valence-electron chi connectivity index (χ3n) is 2.43. The highest BCUT2D eigenvalue weighted by molar-refractivity contribution is 9.10. The van der Waals surface area contributed by atoms with Gasteiger partial charge in [0, 0.05) is 9.50 Å². The average Bonchev–Trinajstić information content (AvgIpc) is 2.31. The van der Waals surface area contributed by atoms with Crippen molar-refractivity contribution >= 4 is 27.5 Å². The van der Waals surface area contributed by atoms with Gasteiger partial charge in [-0.25, -0.2) is 0 Å². The number of hydrogen-bond donors (Lipinski definition) is 0. The Bertz CT molecular complexity index is 579. The van der Waals surface area contributed by atoms with Crippen LogP contribution < -0.4 is 0 Å². The quantitative estimate of drug-likeness (QED) is 0.619. The lowest BCUT2D eigenvalue weighted by atomic mass is 10.0. The van der Waals surface area contributed by atoms with Crippen molar-refractivity contribution in [3.8, 4) is 11.1 Å². The number of rotatable bonds is 1. The van der Waals surface area contributed by atoms with E-state index in [9.17, 15) is 13.2 Å². The highest BCUT2D eigenvalue weighted by Gasteiger charge is 2.30. The molecule has 0 aliphatic carbocycles. The average molecular weight is 336 g/mol. The number of halogens is 5. The Hall–Kier alpha value is -1.000. The van der Waals surface area contributed by atoms with Gasteiger partial charge in [-0.05, 0) is 41.5 Å². The fourth-order valence-corrected chi connectivity index (χ4v) is 2.23. The SMILES string of the molecule is FC(F)(F)c1cccc(-c2cc(Cl)ccc2Br)c1. The van der Waals surface area contributed by atoms with Gasteiger partial charge in [-0.3, -0.25) is 0 Å². The summed E-state index contributed by atoms with van der Waals surface area (Å²) in [6.07, 6.45) is -4.35. The maximum absolute atomic E-state index is 12.6. The zero-order valence-corrected chi connectivity index (χ0v) is 11.3. The fourth-order valence-electron chi connectivity index (χ4n) is 1.58. The van der Waals surface area contributed by atoms with Crippen LogP contribution in [0.5, 0.6) is 0 Å². The molecule has 0 aliphatic heterocycles. The first-order valence-corrected chi connectivity index (χ1v) is 6.18. The van der Waals surface area contributed by atoms with Gasteiger partial charge in [0.15, 0.2) is 0 Å². The summed E-state index contributed by atoms with van der Waals surface area (Å²) in [4.78, 5) is 0. The van der Waals surface area contributed by atoms with Gasteiger partial charge < -0.3 is 0 Å². The Balaban J connectivity index is 2.55. The van der Waals surface area contributed by atoms with Gasteiger partial charge in [0.2, 0.25) is 0 Å². The zero-order chi connectivity index (χ0) is 13.3. The third kappa shape index (κ3) is 2.87. The molecule has 0 N–H and O–H groups in total. The van der Waals surface area contributed by atoms with Crippen molar-refractivity contribution in [3.05, 3.63) is 57.5 Å². The molecule has 0 heterocycles. The van der Waals surface area contributed by atoms with Crippen LogP contribution in [0.2, 0.25) is 5.02 Å². The second-order valence-corrected chi connectivity index (χ2v) is 4.99. The lowest BCUT2D eigenvalue weighted by Gasteiger charge is -2.10. The van der Waals surface area contributed by atoms with Gasteiger partial charge in [0.05, 0.1) is 5.56 Å². The Morgan fingerprint density at radius 1 is 1.00 bits per heavy atom. The number of hydrogen-bond acceptors (Lipinski definition) is 0. The minimum absolute atomic E-state index is 0.471. The van der Waals surface area contributed by atoms with Crippen LogP contribution >= 0.6 is 27.5 Å². The first-order valence-electron chi connectivity index (χ1n) is 5.00. The smallest absolute Gasteiger partial charge is 0.166 e. The molecule has 2 aromatic rings. The predicted octanol–water partition coefficient (Wildman–Crippen LogP) is 5.79. The molecule has 2 rings (SSSR count). The molecule has 0 aromatic heterocycles. The molecular formula is C13H7BrClF3. The highest BCUT2D eigenvalue weighted by atomic mass is 79.9. The second-order valence-electron chi connectivity index (χ2n) is 3.70. The minimum Gasteiger partial charge on any atom is -0.166 e. The van der Waals surface area contributed by atoms with Crippen molar-refractivity contribution in [1.29, 1.82) is 0 Å². The third-order valence-corrected chi connectivity index (χ3v) is 3.36. The molecule has 0 fully saturated rings. The molecule has 0 saturated heterocycles. The molecular weight excluding hydrogens is 328 g/mol. The molecule has 18 heavy (non-hydrogen) atoms. The molecule has 0 unspecified atom stereocenters. The Labute approximate surface area is 116 Å². The number of benzene rings is 2. The molecule has 0 atom stereocenters. The molecule has 2 aromatic carbocycles. The predicted molar refractivity (Wildman–Crippen MR) is 69.6 cm³/mol. The maximum Gasteiger partial charge on any atom is 0.416 e. The van der Waals surface area contributed by atoms with Crippen LogP contribution in [0.1, 0.15) is 5.56 Å². The second kappa shape index (κ2) is 4.94. The van der Waals surface area contributed by atoms with Crippen molar-refractivity contribution in [2.24, 2.45) is 0 Å².